The third-order valence-corrected chi connectivity index (χ3v) is 3.82. The van der Waals surface area contributed by atoms with E-state index in [4.69, 9.17) is 5.73 Å². The first-order chi connectivity index (χ1) is 8.49. The molecule has 0 bridgehead atoms. The van der Waals surface area contributed by atoms with Crippen LogP contribution in [0.25, 0.3) is 11.3 Å². The summed E-state index contributed by atoms with van der Waals surface area (Å²) in [4.78, 5) is 5.59. The van der Waals surface area contributed by atoms with Crippen molar-refractivity contribution < 1.29 is 0 Å². The van der Waals surface area contributed by atoms with E-state index >= 15 is 0 Å². The van der Waals surface area contributed by atoms with Crippen molar-refractivity contribution in [2.24, 2.45) is 7.05 Å². The lowest BCUT2D eigenvalue weighted by Crippen LogP contribution is -1.98. The van der Waals surface area contributed by atoms with Crippen molar-refractivity contribution in [2.75, 3.05) is 5.73 Å². The van der Waals surface area contributed by atoms with Crippen LogP contribution in [0.2, 0.25) is 0 Å². The number of benzene rings is 1. The van der Waals surface area contributed by atoms with Crippen LogP contribution in [0.4, 0.5) is 5.95 Å². The molecule has 1 heterocycles. The number of rotatable bonds is 3. The van der Waals surface area contributed by atoms with Gasteiger partial charge in [-0.15, -0.1) is 11.8 Å². The maximum Gasteiger partial charge on any atom is 0.200 e. The van der Waals surface area contributed by atoms with Crippen LogP contribution in [0.5, 0.6) is 0 Å². The van der Waals surface area contributed by atoms with E-state index in [1.54, 1.807) is 0 Å². The van der Waals surface area contributed by atoms with Gasteiger partial charge in [0.15, 0.2) is 0 Å². The molecule has 2 rings (SSSR count). The van der Waals surface area contributed by atoms with Crippen LogP contribution in [0.1, 0.15) is 19.5 Å². The molecule has 0 atom stereocenters. The van der Waals surface area contributed by atoms with Crippen molar-refractivity contribution in [2.45, 2.75) is 30.9 Å². The summed E-state index contributed by atoms with van der Waals surface area (Å²) in [5.74, 6) is 0.558. The minimum Gasteiger partial charge on any atom is -0.369 e. The number of hydrogen-bond acceptors (Lipinski definition) is 3. The molecule has 0 unspecified atom stereocenters. The molecule has 0 fully saturated rings. The lowest BCUT2D eigenvalue weighted by molar-refractivity contribution is 0.937. The molecule has 0 radical (unpaired) electrons. The number of nitrogen functional groups attached to an aromatic ring is 1. The van der Waals surface area contributed by atoms with Gasteiger partial charge < -0.3 is 10.3 Å². The summed E-state index contributed by atoms with van der Waals surface area (Å²) in [5, 5.41) is 0.602. The van der Waals surface area contributed by atoms with Crippen molar-refractivity contribution in [3.05, 3.63) is 30.0 Å². The predicted molar refractivity (Wildman–Crippen MR) is 78.8 cm³/mol. The van der Waals surface area contributed by atoms with Crippen molar-refractivity contribution in [3.8, 4) is 11.3 Å². The number of thioether (sulfide) groups is 1. The summed E-state index contributed by atoms with van der Waals surface area (Å²) in [6.07, 6.45) is 0. The number of aromatic nitrogens is 2. The zero-order valence-corrected chi connectivity index (χ0v) is 12.1. The Kier molecular flexibility index (Phi) is 3.66. The Balaban J connectivity index is 2.34. The molecule has 2 aromatic rings. The predicted octanol–water partition coefficient (Wildman–Crippen LogP) is 3.48. The summed E-state index contributed by atoms with van der Waals surface area (Å²) >= 11 is 1.87. The average molecular weight is 261 g/mol. The highest BCUT2D eigenvalue weighted by atomic mass is 32.2. The standard InChI is InChI=1S/C14H19N3S/c1-9(2)18-12-7-5-11(6-8-12)13-10(3)16-14(15)17(13)4/h5-9H,1-4H3,(H2,15,16). The SMILES string of the molecule is Cc1nc(N)n(C)c1-c1ccc(SC(C)C)cc1. The smallest absolute Gasteiger partial charge is 0.200 e. The van der Waals surface area contributed by atoms with Crippen LogP contribution in [0, 0.1) is 6.92 Å². The van der Waals surface area contributed by atoms with Gasteiger partial charge in [-0.25, -0.2) is 4.98 Å². The maximum absolute atomic E-state index is 5.82. The third kappa shape index (κ3) is 2.53. The number of anilines is 1. The van der Waals surface area contributed by atoms with Crippen LogP contribution in [-0.2, 0) is 7.05 Å². The van der Waals surface area contributed by atoms with E-state index in [2.05, 4.69) is 43.1 Å². The highest BCUT2D eigenvalue weighted by Crippen LogP contribution is 2.28. The van der Waals surface area contributed by atoms with Gasteiger partial charge in [-0.3, -0.25) is 0 Å². The molecule has 96 valence electrons. The van der Waals surface area contributed by atoms with E-state index in [1.165, 1.54) is 4.90 Å². The van der Waals surface area contributed by atoms with Crippen molar-refractivity contribution in [1.82, 2.24) is 9.55 Å². The summed E-state index contributed by atoms with van der Waals surface area (Å²) in [5.41, 5.74) is 9.04. The molecule has 0 saturated heterocycles. The number of aryl methyl sites for hydroxylation is 1. The Morgan fingerprint density at radius 1 is 1.22 bits per heavy atom. The second kappa shape index (κ2) is 5.06. The van der Waals surface area contributed by atoms with Gasteiger partial charge in [0.25, 0.3) is 0 Å². The molecule has 0 aliphatic carbocycles. The normalized spacial score (nSPS) is 11.2. The molecule has 0 aliphatic heterocycles. The Morgan fingerprint density at radius 2 is 1.83 bits per heavy atom. The van der Waals surface area contributed by atoms with Crippen LogP contribution in [-0.4, -0.2) is 14.8 Å². The van der Waals surface area contributed by atoms with Crippen molar-refractivity contribution in [1.29, 1.82) is 0 Å². The number of nitrogens with two attached hydrogens (primary N) is 1. The monoisotopic (exact) mass is 261 g/mol. The maximum atomic E-state index is 5.82. The van der Waals surface area contributed by atoms with Gasteiger partial charge in [0, 0.05) is 22.8 Å². The minimum absolute atomic E-state index is 0.558. The molecule has 18 heavy (non-hydrogen) atoms. The van der Waals surface area contributed by atoms with E-state index in [1.807, 2.05) is 30.3 Å². The first-order valence-corrected chi connectivity index (χ1v) is 6.93. The van der Waals surface area contributed by atoms with Gasteiger partial charge in [0.05, 0.1) is 11.4 Å². The van der Waals surface area contributed by atoms with Crippen molar-refractivity contribution >= 4 is 17.7 Å². The van der Waals surface area contributed by atoms with Gasteiger partial charge in [-0.1, -0.05) is 26.0 Å². The van der Waals surface area contributed by atoms with E-state index in [-0.39, 0.29) is 0 Å². The molecular weight excluding hydrogens is 242 g/mol. The first kappa shape index (κ1) is 13.0. The Bertz CT molecular complexity index is 541. The van der Waals surface area contributed by atoms with Crippen molar-refractivity contribution in [3.63, 3.8) is 0 Å². The largest absolute Gasteiger partial charge is 0.369 e. The van der Waals surface area contributed by atoms with Gasteiger partial charge in [0.2, 0.25) is 5.95 Å². The molecule has 1 aromatic carbocycles. The Morgan fingerprint density at radius 3 is 2.28 bits per heavy atom. The molecule has 0 aliphatic rings. The zero-order chi connectivity index (χ0) is 13.3. The minimum atomic E-state index is 0.558. The third-order valence-electron chi connectivity index (χ3n) is 2.80. The number of imidazole rings is 1. The summed E-state index contributed by atoms with van der Waals surface area (Å²) < 4.78 is 1.93. The summed E-state index contributed by atoms with van der Waals surface area (Å²) in [7, 11) is 1.95. The van der Waals surface area contributed by atoms with Crippen LogP contribution >= 0.6 is 11.8 Å². The fourth-order valence-electron chi connectivity index (χ4n) is 2.02. The van der Waals surface area contributed by atoms with E-state index in [0.29, 0.717) is 11.2 Å². The molecule has 0 spiro atoms. The van der Waals surface area contributed by atoms with E-state index < -0.39 is 0 Å². The van der Waals surface area contributed by atoms with Crippen LogP contribution < -0.4 is 5.73 Å². The van der Waals surface area contributed by atoms with Gasteiger partial charge >= 0.3 is 0 Å². The highest BCUT2D eigenvalue weighted by molar-refractivity contribution is 7.99. The lowest BCUT2D eigenvalue weighted by atomic mass is 10.1. The highest BCUT2D eigenvalue weighted by Gasteiger charge is 2.11. The molecule has 2 N–H and O–H groups in total. The summed E-state index contributed by atoms with van der Waals surface area (Å²) in [6, 6.07) is 8.58. The van der Waals surface area contributed by atoms with Gasteiger partial charge in [0.1, 0.15) is 0 Å². The molecule has 1 aromatic heterocycles. The van der Waals surface area contributed by atoms with E-state index in [9.17, 15) is 0 Å². The molecule has 3 nitrogen and oxygen atoms in total. The van der Waals surface area contributed by atoms with Crippen LogP contribution in [0.15, 0.2) is 29.2 Å². The molecule has 0 amide bonds. The zero-order valence-electron chi connectivity index (χ0n) is 11.3. The van der Waals surface area contributed by atoms with Gasteiger partial charge in [-0.2, -0.15) is 0 Å². The number of hydrogen-bond donors (Lipinski definition) is 1. The van der Waals surface area contributed by atoms with Crippen LogP contribution in [0.3, 0.4) is 0 Å². The average Bonchev–Trinajstić information content (AvgIpc) is 2.54. The Labute approximate surface area is 112 Å². The van der Waals surface area contributed by atoms with E-state index in [0.717, 1.165) is 17.0 Å². The quantitative estimate of drug-likeness (QED) is 0.860. The Hall–Kier alpha value is -1.42. The second-order valence-electron chi connectivity index (χ2n) is 4.65. The number of nitrogens with zero attached hydrogens (tertiary/aromatic N) is 2. The fraction of sp³-hybridized carbons (Fsp3) is 0.357. The molecule has 0 saturated carbocycles. The summed E-state index contributed by atoms with van der Waals surface area (Å²) in [6.45, 7) is 6.39. The fourth-order valence-corrected chi connectivity index (χ4v) is 2.86. The topological polar surface area (TPSA) is 43.8 Å². The lowest BCUT2D eigenvalue weighted by Gasteiger charge is -2.08. The van der Waals surface area contributed by atoms with Gasteiger partial charge in [-0.05, 0) is 19.1 Å². The molecule has 4 heteroatoms. The first-order valence-electron chi connectivity index (χ1n) is 6.05. The molecular formula is C14H19N3S. The second-order valence-corrected chi connectivity index (χ2v) is 6.30.